The maximum atomic E-state index is 11.5. The largest absolute Gasteiger partial charge is 0.377 e. The van der Waals surface area contributed by atoms with E-state index < -0.39 is 0 Å². The van der Waals surface area contributed by atoms with Gasteiger partial charge in [-0.25, -0.2) is 4.99 Å². The summed E-state index contributed by atoms with van der Waals surface area (Å²) in [4.78, 5) is 15.7. The summed E-state index contributed by atoms with van der Waals surface area (Å²) in [5, 5.41) is 9.04. The SMILES string of the molecule is CCCNC(=O)CN=C(NCC)NCC(C)(C)OC. The van der Waals surface area contributed by atoms with Crippen LogP contribution in [0.5, 0.6) is 0 Å². The number of carbonyl (C=O) groups is 1. The molecule has 0 saturated heterocycles. The van der Waals surface area contributed by atoms with Gasteiger partial charge in [-0.2, -0.15) is 0 Å². The fourth-order valence-electron chi connectivity index (χ4n) is 1.18. The average molecular weight is 272 g/mol. The molecule has 0 atom stereocenters. The summed E-state index contributed by atoms with van der Waals surface area (Å²) in [6, 6.07) is 0. The standard InChI is InChI=1S/C13H28N4O2/c1-6-8-15-11(18)9-16-12(14-7-2)17-10-13(3,4)19-5/h6-10H2,1-5H3,(H,15,18)(H2,14,16,17). The first-order valence-electron chi connectivity index (χ1n) is 6.79. The van der Waals surface area contributed by atoms with E-state index in [1.807, 2.05) is 27.7 Å². The van der Waals surface area contributed by atoms with Crippen molar-refractivity contribution in [1.82, 2.24) is 16.0 Å². The molecule has 0 unspecified atom stereocenters. The van der Waals surface area contributed by atoms with Crippen LogP contribution in [0.25, 0.3) is 0 Å². The van der Waals surface area contributed by atoms with Gasteiger partial charge in [0, 0.05) is 26.7 Å². The molecule has 0 saturated carbocycles. The van der Waals surface area contributed by atoms with Crippen LogP contribution in [-0.2, 0) is 9.53 Å². The van der Waals surface area contributed by atoms with Crippen LogP contribution in [-0.4, -0.2) is 50.8 Å². The summed E-state index contributed by atoms with van der Waals surface area (Å²) in [6.45, 7) is 10.1. The number of amides is 1. The second-order valence-corrected chi connectivity index (χ2v) is 4.86. The number of rotatable bonds is 8. The van der Waals surface area contributed by atoms with E-state index in [2.05, 4.69) is 20.9 Å². The maximum absolute atomic E-state index is 11.5. The van der Waals surface area contributed by atoms with E-state index in [1.54, 1.807) is 7.11 Å². The number of carbonyl (C=O) groups excluding carboxylic acids is 1. The topological polar surface area (TPSA) is 74.8 Å². The van der Waals surface area contributed by atoms with Crippen molar-refractivity contribution in [3.05, 3.63) is 0 Å². The summed E-state index contributed by atoms with van der Waals surface area (Å²) >= 11 is 0. The van der Waals surface area contributed by atoms with Crippen LogP contribution in [0, 0.1) is 0 Å². The van der Waals surface area contributed by atoms with Gasteiger partial charge in [0.2, 0.25) is 5.91 Å². The van der Waals surface area contributed by atoms with Gasteiger partial charge in [0.05, 0.1) is 5.60 Å². The first-order chi connectivity index (χ1) is 8.95. The Hall–Kier alpha value is -1.30. The van der Waals surface area contributed by atoms with Gasteiger partial charge in [0.1, 0.15) is 6.54 Å². The average Bonchev–Trinajstić information content (AvgIpc) is 2.39. The second-order valence-electron chi connectivity index (χ2n) is 4.86. The van der Waals surface area contributed by atoms with E-state index >= 15 is 0 Å². The van der Waals surface area contributed by atoms with Gasteiger partial charge in [-0.15, -0.1) is 0 Å². The molecule has 0 radical (unpaired) electrons. The molecule has 112 valence electrons. The molecule has 0 aliphatic heterocycles. The van der Waals surface area contributed by atoms with E-state index in [9.17, 15) is 4.79 Å². The smallest absolute Gasteiger partial charge is 0.241 e. The number of hydrogen-bond donors (Lipinski definition) is 3. The summed E-state index contributed by atoms with van der Waals surface area (Å²) in [7, 11) is 1.67. The molecule has 0 aliphatic carbocycles. The molecule has 19 heavy (non-hydrogen) atoms. The lowest BCUT2D eigenvalue weighted by Crippen LogP contribution is -2.45. The van der Waals surface area contributed by atoms with Crippen molar-refractivity contribution in [3.8, 4) is 0 Å². The molecule has 0 fully saturated rings. The number of nitrogens with one attached hydrogen (secondary N) is 3. The third-order valence-corrected chi connectivity index (χ3v) is 2.53. The summed E-state index contributed by atoms with van der Waals surface area (Å²) in [6.07, 6.45) is 0.926. The Bertz CT molecular complexity index is 290. The summed E-state index contributed by atoms with van der Waals surface area (Å²) in [5.74, 6) is 0.560. The molecule has 6 heteroatoms. The highest BCUT2D eigenvalue weighted by molar-refractivity contribution is 5.84. The highest BCUT2D eigenvalue weighted by atomic mass is 16.5. The molecule has 0 aromatic heterocycles. The quantitative estimate of drug-likeness (QED) is 0.444. The molecule has 3 N–H and O–H groups in total. The monoisotopic (exact) mass is 272 g/mol. The van der Waals surface area contributed by atoms with Crippen molar-refractivity contribution in [2.45, 2.75) is 39.7 Å². The molecule has 0 aromatic rings. The van der Waals surface area contributed by atoms with Crippen LogP contribution in [0.1, 0.15) is 34.1 Å². The van der Waals surface area contributed by atoms with Crippen molar-refractivity contribution in [2.24, 2.45) is 4.99 Å². The second kappa shape index (κ2) is 9.61. The lowest BCUT2D eigenvalue weighted by atomic mass is 10.1. The van der Waals surface area contributed by atoms with Gasteiger partial charge in [0.15, 0.2) is 5.96 Å². The minimum absolute atomic E-state index is 0.0648. The Morgan fingerprint density at radius 2 is 1.89 bits per heavy atom. The fraction of sp³-hybridized carbons (Fsp3) is 0.846. The number of nitrogens with zero attached hydrogens (tertiary/aromatic N) is 1. The van der Waals surface area contributed by atoms with Crippen LogP contribution in [0.15, 0.2) is 4.99 Å². The van der Waals surface area contributed by atoms with Gasteiger partial charge >= 0.3 is 0 Å². The highest BCUT2D eigenvalue weighted by Crippen LogP contribution is 2.04. The van der Waals surface area contributed by atoms with Gasteiger partial charge in [-0.05, 0) is 27.2 Å². The maximum Gasteiger partial charge on any atom is 0.241 e. The lowest BCUT2D eigenvalue weighted by Gasteiger charge is -2.24. The summed E-state index contributed by atoms with van der Waals surface area (Å²) in [5.41, 5.74) is -0.277. The molecule has 0 aliphatic rings. The number of methoxy groups -OCH3 is 1. The number of guanidine groups is 1. The Morgan fingerprint density at radius 1 is 1.21 bits per heavy atom. The van der Waals surface area contributed by atoms with Crippen molar-refractivity contribution < 1.29 is 9.53 Å². The fourth-order valence-corrected chi connectivity index (χ4v) is 1.18. The van der Waals surface area contributed by atoms with Crippen LogP contribution >= 0.6 is 0 Å². The number of aliphatic imine (C=N–C) groups is 1. The number of hydrogen-bond acceptors (Lipinski definition) is 3. The third-order valence-electron chi connectivity index (χ3n) is 2.53. The zero-order chi connectivity index (χ0) is 14.7. The molecule has 0 bridgehead atoms. The molecular formula is C13H28N4O2. The minimum atomic E-state index is -0.277. The van der Waals surface area contributed by atoms with E-state index in [0.717, 1.165) is 13.0 Å². The van der Waals surface area contributed by atoms with E-state index in [-0.39, 0.29) is 18.1 Å². The molecule has 0 rings (SSSR count). The van der Waals surface area contributed by atoms with Crippen molar-refractivity contribution in [2.75, 3.05) is 33.3 Å². The van der Waals surface area contributed by atoms with Crippen LogP contribution in [0.2, 0.25) is 0 Å². The highest BCUT2D eigenvalue weighted by Gasteiger charge is 2.16. The molecule has 6 nitrogen and oxygen atoms in total. The zero-order valence-electron chi connectivity index (χ0n) is 12.8. The van der Waals surface area contributed by atoms with E-state index in [4.69, 9.17) is 4.74 Å². The van der Waals surface area contributed by atoms with Crippen LogP contribution in [0.3, 0.4) is 0 Å². The van der Waals surface area contributed by atoms with Crippen molar-refractivity contribution >= 4 is 11.9 Å². The Kier molecular flexibility index (Phi) is 8.95. The first-order valence-corrected chi connectivity index (χ1v) is 6.79. The predicted molar refractivity (Wildman–Crippen MR) is 78.4 cm³/mol. The van der Waals surface area contributed by atoms with Gasteiger partial charge in [0.25, 0.3) is 0 Å². The third kappa shape index (κ3) is 9.30. The van der Waals surface area contributed by atoms with E-state index in [0.29, 0.717) is 19.0 Å². The molecule has 0 heterocycles. The Labute approximate surface area is 116 Å². The van der Waals surface area contributed by atoms with Crippen LogP contribution in [0.4, 0.5) is 0 Å². The molecule has 0 spiro atoms. The zero-order valence-corrected chi connectivity index (χ0v) is 12.8. The van der Waals surface area contributed by atoms with Crippen LogP contribution < -0.4 is 16.0 Å². The first kappa shape index (κ1) is 17.7. The van der Waals surface area contributed by atoms with Gasteiger partial charge in [-0.3, -0.25) is 4.79 Å². The normalized spacial score (nSPS) is 12.2. The van der Waals surface area contributed by atoms with Gasteiger partial charge in [-0.1, -0.05) is 6.92 Å². The van der Waals surface area contributed by atoms with Crippen molar-refractivity contribution in [1.29, 1.82) is 0 Å². The Balaban J connectivity index is 4.26. The summed E-state index contributed by atoms with van der Waals surface area (Å²) < 4.78 is 5.32. The number of ether oxygens (including phenoxy) is 1. The molecule has 1 amide bonds. The van der Waals surface area contributed by atoms with E-state index in [1.165, 1.54) is 0 Å². The predicted octanol–water partition coefficient (Wildman–Crippen LogP) is 0.493. The van der Waals surface area contributed by atoms with Crippen molar-refractivity contribution in [3.63, 3.8) is 0 Å². The molecule has 0 aromatic carbocycles. The molecular weight excluding hydrogens is 244 g/mol. The lowest BCUT2D eigenvalue weighted by molar-refractivity contribution is -0.119. The minimum Gasteiger partial charge on any atom is -0.377 e. The Morgan fingerprint density at radius 3 is 2.42 bits per heavy atom. The van der Waals surface area contributed by atoms with Gasteiger partial charge < -0.3 is 20.7 Å².